The lowest BCUT2D eigenvalue weighted by atomic mass is 10.7. The molecule has 78 valence electrons. The van der Waals surface area contributed by atoms with Gasteiger partial charge in [-0.2, -0.15) is 0 Å². The fourth-order valence-corrected chi connectivity index (χ4v) is 2.35. The smallest absolute Gasteiger partial charge is 0.255 e. The van der Waals surface area contributed by atoms with Gasteiger partial charge in [0.1, 0.15) is 5.03 Å². The number of hydrogen-bond donors (Lipinski definition) is 2. The van der Waals surface area contributed by atoms with E-state index in [1.54, 1.807) is 0 Å². The summed E-state index contributed by atoms with van der Waals surface area (Å²) in [6.07, 6.45) is 4.13. The van der Waals surface area contributed by atoms with Crippen LogP contribution >= 0.6 is 12.2 Å². The van der Waals surface area contributed by atoms with Gasteiger partial charge < -0.3 is 9.97 Å². The van der Waals surface area contributed by atoms with E-state index >= 15 is 0 Å². The van der Waals surface area contributed by atoms with Crippen molar-refractivity contribution in [1.29, 1.82) is 0 Å². The summed E-state index contributed by atoms with van der Waals surface area (Å²) in [7, 11) is -3.65. The molecule has 0 aromatic carbocycles. The molecule has 0 saturated carbocycles. The molecule has 0 unspecified atom stereocenters. The van der Waals surface area contributed by atoms with Crippen LogP contribution in [-0.2, 0) is 9.84 Å². The summed E-state index contributed by atoms with van der Waals surface area (Å²) in [5, 5.41) is -0.156. The van der Waals surface area contributed by atoms with Crippen LogP contribution in [0.5, 0.6) is 0 Å². The van der Waals surface area contributed by atoms with E-state index in [1.807, 2.05) is 0 Å². The highest BCUT2D eigenvalue weighted by molar-refractivity contribution is 7.91. The minimum absolute atomic E-state index is 0.0301. The molecule has 0 radical (unpaired) electrons. The number of hydrogen-bond acceptors (Lipinski definition) is 5. The maximum Gasteiger partial charge on any atom is 0.255 e. The van der Waals surface area contributed by atoms with Crippen molar-refractivity contribution in [2.24, 2.45) is 0 Å². The van der Waals surface area contributed by atoms with Gasteiger partial charge in [0, 0.05) is 18.6 Å². The van der Waals surface area contributed by atoms with Gasteiger partial charge in [-0.05, 0) is 18.3 Å². The summed E-state index contributed by atoms with van der Waals surface area (Å²) in [5.41, 5.74) is 0. The van der Waals surface area contributed by atoms with Crippen LogP contribution in [0.4, 0.5) is 0 Å². The van der Waals surface area contributed by atoms with Crippen LogP contribution < -0.4 is 0 Å². The summed E-state index contributed by atoms with van der Waals surface area (Å²) >= 11 is 4.74. The van der Waals surface area contributed by atoms with Crippen LogP contribution in [0.15, 0.2) is 34.8 Å². The molecule has 0 saturated heterocycles. The van der Waals surface area contributed by atoms with Crippen LogP contribution in [0, 0.1) is 4.77 Å². The molecule has 0 spiro atoms. The normalized spacial score (nSPS) is 11.5. The molecule has 6 nitrogen and oxygen atoms in total. The van der Waals surface area contributed by atoms with Gasteiger partial charge in [-0.3, -0.25) is 0 Å². The molecule has 0 amide bonds. The molecule has 0 atom stereocenters. The largest absolute Gasteiger partial charge is 0.335 e. The molecule has 2 aromatic rings. The Bertz CT molecular complexity index is 614. The summed E-state index contributed by atoms with van der Waals surface area (Å²) in [5.74, 6) is 0. The van der Waals surface area contributed by atoms with E-state index in [0.29, 0.717) is 0 Å². The summed E-state index contributed by atoms with van der Waals surface area (Å²) in [6, 6.07) is 1.33. The van der Waals surface area contributed by atoms with Gasteiger partial charge in [0.2, 0.25) is 5.16 Å². The predicted octanol–water partition coefficient (Wildman–Crippen LogP) is 0.695. The van der Waals surface area contributed by atoms with Crippen molar-refractivity contribution in [3.8, 4) is 0 Å². The fourth-order valence-electron chi connectivity index (χ4n) is 1.01. The van der Waals surface area contributed by atoms with Crippen molar-refractivity contribution < 1.29 is 8.42 Å². The third kappa shape index (κ3) is 1.81. The van der Waals surface area contributed by atoms with Gasteiger partial charge in [-0.25, -0.2) is 18.4 Å². The zero-order valence-electron chi connectivity index (χ0n) is 7.34. The van der Waals surface area contributed by atoms with Gasteiger partial charge in [-0.1, -0.05) is 0 Å². The Morgan fingerprint density at radius 1 is 1.27 bits per heavy atom. The third-order valence-corrected chi connectivity index (χ3v) is 3.42. The molecule has 0 fully saturated rings. The topological polar surface area (TPSA) is 91.5 Å². The molecule has 15 heavy (non-hydrogen) atoms. The maximum atomic E-state index is 11.8. The molecule has 2 heterocycles. The Balaban J connectivity index is 2.62. The van der Waals surface area contributed by atoms with Gasteiger partial charge in [0.15, 0.2) is 4.77 Å². The zero-order chi connectivity index (χ0) is 10.9. The summed E-state index contributed by atoms with van der Waals surface area (Å²) in [6.45, 7) is 0. The quantitative estimate of drug-likeness (QED) is 0.597. The molecule has 0 bridgehead atoms. The Kier molecular flexibility index (Phi) is 2.37. The van der Waals surface area contributed by atoms with Gasteiger partial charge in [0.05, 0.1) is 0 Å². The third-order valence-electron chi connectivity index (χ3n) is 1.67. The molecular weight excluding hydrogens is 236 g/mol. The first-order valence-electron chi connectivity index (χ1n) is 3.90. The second kappa shape index (κ2) is 3.55. The lowest BCUT2D eigenvalue weighted by molar-refractivity contribution is 0.584. The van der Waals surface area contributed by atoms with Crippen molar-refractivity contribution in [1.82, 2.24) is 19.9 Å². The Morgan fingerprint density at radius 3 is 2.67 bits per heavy atom. The molecule has 0 aliphatic carbocycles. The Labute approximate surface area is 90.3 Å². The van der Waals surface area contributed by atoms with Crippen molar-refractivity contribution >= 4 is 22.1 Å². The number of nitrogens with one attached hydrogen (secondary N) is 2. The minimum atomic E-state index is -3.65. The van der Waals surface area contributed by atoms with Crippen molar-refractivity contribution in [2.45, 2.75) is 10.2 Å². The highest BCUT2D eigenvalue weighted by Crippen LogP contribution is 2.13. The van der Waals surface area contributed by atoms with Crippen LogP contribution in [0.25, 0.3) is 0 Å². The number of H-pyrrole nitrogens is 2. The second-order valence-electron chi connectivity index (χ2n) is 2.64. The minimum Gasteiger partial charge on any atom is -0.335 e. The molecule has 8 heteroatoms. The fraction of sp³-hybridized carbons (Fsp3) is 0. The van der Waals surface area contributed by atoms with E-state index in [1.165, 1.54) is 24.7 Å². The number of nitrogens with zero attached hydrogens (tertiary/aromatic N) is 2. The van der Waals surface area contributed by atoms with E-state index in [2.05, 4.69) is 19.9 Å². The Morgan fingerprint density at radius 2 is 2.07 bits per heavy atom. The molecule has 2 aromatic heterocycles. The van der Waals surface area contributed by atoms with Crippen LogP contribution in [0.1, 0.15) is 0 Å². The highest BCUT2D eigenvalue weighted by atomic mass is 32.2. The lowest BCUT2D eigenvalue weighted by Crippen LogP contribution is -2.06. The second-order valence-corrected chi connectivity index (χ2v) is 4.86. The summed E-state index contributed by atoms with van der Waals surface area (Å²) < 4.78 is 23.8. The van der Waals surface area contributed by atoms with Crippen LogP contribution in [-0.4, -0.2) is 28.4 Å². The Hall–Kier alpha value is -1.54. The number of rotatable bonds is 2. The monoisotopic (exact) mass is 242 g/mol. The number of imidazole rings is 1. The first kappa shape index (κ1) is 9.99. The predicted molar refractivity (Wildman–Crippen MR) is 53.5 cm³/mol. The van der Waals surface area contributed by atoms with Crippen molar-refractivity contribution in [2.75, 3.05) is 0 Å². The summed E-state index contributed by atoms with van der Waals surface area (Å²) in [4.78, 5) is 12.4. The number of aromatic nitrogens is 4. The SMILES string of the molecule is O=S(=O)(c1ccnc(=S)[nH]1)c1ncc[nH]1. The first-order valence-corrected chi connectivity index (χ1v) is 5.79. The maximum absolute atomic E-state index is 11.8. The van der Waals surface area contributed by atoms with Gasteiger partial charge in [0.25, 0.3) is 9.84 Å². The van der Waals surface area contributed by atoms with Crippen molar-refractivity contribution in [3.05, 3.63) is 29.4 Å². The average Bonchev–Trinajstić information content (AvgIpc) is 2.71. The van der Waals surface area contributed by atoms with Gasteiger partial charge >= 0.3 is 0 Å². The highest BCUT2D eigenvalue weighted by Gasteiger charge is 2.20. The molecule has 2 N–H and O–H groups in total. The molecular formula is C7H6N4O2S2. The lowest BCUT2D eigenvalue weighted by Gasteiger charge is -1.99. The van der Waals surface area contributed by atoms with Crippen LogP contribution in [0.2, 0.25) is 0 Å². The number of sulfone groups is 1. The van der Waals surface area contributed by atoms with E-state index in [-0.39, 0.29) is 15.0 Å². The van der Waals surface area contributed by atoms with E-state index in [4.69, 9.17) is 12.2 Å². The number of aromatic amines is 2. The zero-order valence-corrected chi connectivity index (χ0v) is 8.97. The van der Waals surface area contributed by atoms with E-state index < -0.39 is 9.84 Å². The first-order chi connectivity index (χ1) is 7.10. The molecule has 2 rings (SSSR count). The van der Waals surface area contributed by atoms with Gasteiger partial charge in [-0.15, -0.1) is 0 Å². The van der Waals surface area contributed by atoms with E-state index in [0.717, 1.165) is 0 Å². The van der Waals surface area contributed by atoms with Crippen LogP contribution in [0.3, 0.4) is 0 Å². The standard InChI is InChI=1S/C7H6N4O2S2/c12-15(13,7-9-3-4-10-7)5-1-2-8-6(14)11-5/h1-4H,(H,9,10)(H,8,11,14). The molecule has 0 aliphatic rings. The molecule has 0 aliphatic heterocycles. The van der Waals surface area contributed by atoms with Crippen molar-refractivity contribution in [3.63, 3.8) is 0 Å². The average molecular weight is 242 g/mol. The van der Waals surface area contributed by atoms with E-state index in [9.17, 15) is 8.42 Å².